The molecule has 1 saturated heterocycles. The third-order valence-electron chi connectivity index (χ3n) is 5.31. The zero-order valence-electron chi connectivity index (χ0n) is 15.6. The lowest BCUT2D eigenvalue weighted by atomic mass is 10.0. The lowest BCUT2D eigenvalue weighted by Gasteiger charge is -2.36. The van der Waals surface area contributed by atoms with Gasteiger partial charge in [-0.3, -0.25) is 4.79 Å². The minimum atomic E-state index is -0.445. The number of morpholine rings is 1. The summed E-state index contributed by atoms with van der Waals surface area (Å²) in [5, 5.41) is 4.25. The summed E-state index contributed by atoms with van der Waals surface area (Å²) < 4.78 is 13.6. The van der Waals surface area contributed by atoms with Crippen LogP contribution in [-0.4, -0.2) is 56.2 Å². The maximum atomic E-state index is 13.1. The predicted octanol–water partition coefficient (Wildman–Crippen LogP) is 1.73. The summed E-state index contributed by atoms with van der Waals surface area (Å²) in [4.78, 5) is 23.5. The molecule has 0 bridgehead atoms. The van der Waals surface area contributed by atoms with Crippen molar-refractivity contribution in [1.29, 1.82) is 0 Å². The van der Waals surface area contributed by atoms with Crippen molar-refractivity contribution in [2.75, 3.05) is 19.7 Å². The Bertz CT molecular complexity index is 1030. The second-order valence-corrected chi connectivity index (χ2v) is 7.19. The van der Waals surface area contributed by atoms with Crippen LogP contribution in [0, 0.1) is 6.92 Å². The molecule has 2 atom stereocenters. The van der Waals surface area contributed by atoms with Crippen molar-refractivity contribution in [3.8, 4) is 5.75 Å². The fourth-order valence-corrected chi connectivity index (χ4v) is 3.92. The summed E-state index contributed by atoms with van der Waals surface area (Å²) in [5.41, 5.74) is 2.86. The molecule has 2 aliphatic heterocycles. The number of hydrogen-bond donors (Lipinski definition) is 0. The summed E-state index contributed by atoms with van der Waals surface area (Å²) in [6.07, 6.45) is 2.30. The van der Waals surface area contributed by atoms with Crippen LogP contribution in [0.4, 0.5) is 0 Å². The van der Waals surface area contributed by atoms with E-state index in [1.165, 1.54) is 6.33 Å². The summed E-state index contributed by atoms with van der Waals surface area (Å²) in [7, 11) is 0. The van der Waals surface area contributed by atoms with E-state index in [0.717, 1.165) is 29.1 Å². The average molecular weight is 379 g/mol. The second-order valence-electron chi connectivity index (χ2n) is 7.19. The van der Waals surface area contributed by atoms with Crippen molar-refractivity contribution in [1.82, 2.24) is 24.5 Å². The van der Waals surface area contributed by atoms with Crippen molar-refractivity contribution in [3.05, 3.63) is 53.6 Å². The molecule has 3 aromatic rings. The first-order valence-electron chi connectivity index (χ1n) is 9.51. The van der Waals surface area contributed by atoms with Crippen LogP contribution < -0.4 is 4.74 Å². The van der Waals surface area contributed by atoms with E-state index in [1.807, 2.05) is 36.1 Å². The number of amides is 1. The van der Waals surface area contributed by atoms with Gasteiger partial charge in [-0.05, 0) is 37.5 Å². The van der Waals surface area contributed by atoms with Gasteiger partial charge in [-0.15, -0.1) is 0 Å². The molecule has 8 heteroatoms. The average Bonchev–Trinajstić information content (AvgIpc) is 3.20. The largest absolute Gasteiger partial charge is 0.480 e. The zero-order valence-corrected chi connectivity index (χ0v) is 15.6. The Hall–Kier alpha value is -3.00. The van der Waals surface area contributed by atoms with Crippen molar-refractivity contribution in [3.63, 3.8) is 0 Å². The van der Waals surface area contributed by atoms with Crippen LogP contribution in [0.5, 0.6) is 5.75 Å². The number of benzene rings is 1. The Morgan fingerprint density at radius 1 is 1.29 bits per heavy atom. The van der Waals surface area contributed by atoms with Gasteiger partial charge in [0, 0.05) is 12.2 Å². The number of hydrogen-bond acceptors (Lipinski definition) is 6. The Morgan fingerprint density at radius 2 is 2.18 bits per heavy atom. The molecule has 1 aromatic carbocycles. The Balaban J connectivity index is 1.36. The number of rotatable bonds is 2. The number of fused-ring (bicyclic) bond motifs is 2. The van der Waals surface area contributed by atoms with Crippen molar-refractivity contribution in [2.45, 2.75) is 32.0 Å². The molecule has 5 rings (SSSR count). The van der Waals surface area contributed by atoms with Crippen LogP contribution in [0.1, 0.15) is 29.5 Å². The van der Waals surface area contributed by atoms with Gasteiger partial charge < -0.3 is 14.4 Å². The fraction of sp³-hybridized carbons (Fsp3) is 0.400. The maximum Gasteiger partial charge on any atom is 0.263 e. The van der Waals surface area contributed by atoms with Gasteiger partial charge in [-0.2, -0.15) is 14.6 Å². The number of para-hydroxylation sites is 1. The van der Waals surface area contributed by atoms with Gasteiger partial charge in [0.2, 0.25) is 0 Å². The van der Waals surface area contributed by atoms with Gasteiger partial charge in [-0.25, -0.2) is 4.98 Å². The molecule has 1 fully saturated rings. The van der Waals surface area contributed by atoms with E-state index < -0.39 is 6.10 Å². The Kier molecular flexibility index (Phi) is 4.20. The normalized spacial score (nSPS) is 22.0. The van der Waals surface area contributed by atoms with E-state index in [-0.39, 0.29) is 12.0 Å². The van der Waals surface area contributed by atoms with Gasteiger partial charge in [0.05, 0.1) is 18.8 Å². The molecule has 0 aliphatic carbocycles. The first kappa shape index (κ1) is 17.1. The third-order valence-corrected chi connectivity index (χ3v) is 5.31. The summed E-state index contributed by atoms with van der Waals surface area (Å²) in [6.45, 7) is 3.40. The highest BCUT2D eigenvalue weighted by molar-refractivity contribution is 5.81. The summed E-state index contributed by atoms with van der Waals surface area (Å²) in [6, 6.07) is 9.85. The Labute approximate surface area is 162 Å². The summed E-state index contributed by atoms with van der Waals surface area (Å²) in [5.74, 6) is 1.36. The zero-order chi connectivity index (χ0) is 19.1. The minimum absolute atomic E-state index is 0.0171. The number of ether oxygens (including phenoxy) is 2. The molecule has 8 nitrogen and oxygen atoms in total. The van der Waals surface area contributed by atoms with Gasteiger partial charge in [0.15, 0.2) is 6.10 Å². The Morgan fingerprint density at radius 3 is 3.11 bits per heavy atom. The van der Waals surface area contributed by atoms with Gasteiger partial charge in [-0.1, -0.05) is 18.2 Å². The molecular weight excluding hydrogens is 358 g/mol. The topological polar surface area (TPSA) is 81.9 Å². The molecule has 2 aliphatic rings. The number of aromatic nitrogens is 4. The highest BCUT2D eigenvalue weighted by atomic mass is 16.5. The smallest absolute Gasteiger partial charge is 0.263 e. The van der Waals surface area contributed by atoms with Crippen LogP contribution in [0.25, 0.3) is 5.78 Å². The van der Waals surface area contributed by atoms with Gasteiger partial charge in [0.25, 0.3) is 11.7 Å². The van der Waals surface area contributed by atoms with Crippen LogP contribution >= 0.6 is 0 Å². The SMILES string of the molecule is Cc1cc(C2CN(C(=O)C3CCc4ccccc4O3)CCO2)n2ncnc2n1. The predicted molar refractivity (Wildman–Crippen MR) is 100.0 cm³/mol. The van der Waals surface area contributed by atoms with Crippen LogP contribution in [-0.2, 0) is 16.0 Å². The van der Waals surface area contributed by atoms with E-state index >= 15 is 0 Å². The van der Waals surface area contributed by atoms with E-state index in [4.69, 9.17) is 9.47 Å². The molecule has 4 heterocycles. The first-order valence-corrected chi connectivity index (χ1v) is 9.51. The molecule has 2 unspecified atom stereocenters. The first-order chi connectivity index (χ1) is 13.7. The number of aryl methyl sites for hydroxylation is 2. The van der Waals surface area contributed by atoms with Crippen LogP contribution in [0.15, 0.2) is 36.7 Å². The molecule has 0 saturated carbocycles. The number of carbonyl (C=O) groups excluding carboxylic acids is 1. The molecule has 144 valence electrons. The lowest BCUT2D eigenvalue weighted by molar-refractivity contribution is -0.147. The van der Waals surface area contributed by atoms with Crippen molar-refractivity contribution >= 4 is 11.7 Å². The monoisotopic (exact) mass is 379 g/mol. The quantitative estimate of drug-likeness (QED) is 0.674. The fourth-order valence-electron chi connectivity index (χ4n) is 3.92. The molecule has 0 N–H and O–H groups in total. The van der Waals surface area contributed by atoms with Gasteiger partial charge >= 0.3 is 0 Å². The molecule has 0 spiro atoms. The van der Waals surface area contributed by atoms with Crippen molar-refractivity contribution in [2.24, 2.45) is 0 Å². The molecule has 2 aromatic heterocycles. The van der Waals surface area contributed by atoms with E-state index in [2.05, 4.69) is 21.1 Å². The van der Waals surface area contributed by atoms with Crippen molar-refractivity contribution < 1.29 is 14.3 Å². The second kappa shape index (κ2) is 6.87. The molecular formula is C20H21N5O3. The van der Waals surface area contributed by atoms with E-state index in [1.54, 1.807) is 4.52 Å². The van der Waals surface area contributed by atoms with E-state index in [9.17, 15) is 4.79 Å². The number of nitrogens with zero attached hydrogens (tertiary/aromatic N) is 5. The maximum absolute atomic E-state index is 13.1. The highest BCUT2D eigenvalue weighted by Crippen LogP contribution is 2.29. The standard InChI is InChI=1S/C20H21N5O3/c1-13-10-15(25-20(23-13)21-12-22-25)18-11-24(8-9-27-18)19(26)17-7-6-14-4-2-3-5-16(14)28-17/h2-5,10,12,17-18H,6-9,11H2,1H3. The summed E-state index contributed by atoms with van der Waals surface area (Å²) >= 11 is 0. The third kappa shape index (κ3) is 2.99. The van der Waals surface area contributed by atoms with Gasteiger partial charge in [0.1, 0.15) is 18.2 Å². The molecule has 28 heavy (non-hydrogen) atoms. The minimum Gasteiger partial charge on any atom is -0.480 e. The number of carbonyl (C=O) groups is 1. The van der Waals surface area contributed by atoms with Crippen LogP contribution in [0.2, 0.25) is 0 Å². The molecule has 0 radical (unpaired) electrons. The highest BCUT2D eigenvalue weighted by Gasteiger charge is 2.34. The lowest BCUT2D eigenvalue weighted by Crippen LogP contribution is -2.49. The van der Waals surface area contributed by atoms with Crippen LogP contribution in [0.3, 0.4) is 0 Å². The van der Waals surface area contributed by atoms with E-state index in [0.29, 0.717) is 31.9 Å². The molecule has 1 amide bonds.